The van der Waals surface area contributed by atoms with Crippen molar-refractivity contribution in [2.75, 3.05) is 44.2 Å². The second kappa shape index (κ2) is 8.41. The van der Waals surface area contributed by atoms with Gasteiger partial charge in [-0.3, -0.25) is 19.3 Å². The maximum Gasteiger partial charge on any atom is 0.265 e. The van der Waals surface area contributed by atoms with Crippen LogP contribution < -0.4 is 9.64 Å². The first-order chi connectivity index (χ1) is 13.0. The molecular weight excluding hydrogens is 346 g/mol. The van der Waals surface area contributed by atoms with Crippen LogP contribution in [0.25, 0.3) is 0 Å². The highest BCUT2D eigenvalue weighted by molar-refractivity contribution is 6.04. The molecule has 2 aliphatic rings. The van der Waals surface area contributed by atoms with Crippen LogP contribution in [0.1, 0.15) is 43.5 Å². The Hall–Kier alpha value is -2.57. The SMILES string of the molecule is CCN(CC)C(=O)CN1C(=O)COc2ccc(C(=O)N3CCCCC3)cc21. The summed E-state index contributed by atoms with van der Waals surface area (Å²) in [6, 6.07) is 5.13. The van der Waals surface area contributed by atoms with Gasteiger partial charge in [0.2, 0.25) is 5.91 Å². The van der Waals surface area contributed by atoms with E-state index in [2.05, 4.69) is 0 Å². The van der Waals surface area contributed by atoms with Gasteiger partial charge in [0, 0.05) is 31.7 Å². The van der Waals surface area contributed by atoms with Gasteiger partial charge in [0.15, 0.2) is 6.61 Å². The molecule has 1 fully saturated rings. The third-order valence-electron chi connectivity index (χ3n) is 5.20. The molecule has 27 heavy (non-hydrogen) atoms. The van der Waals surface area contributed by atoms with E-state index in [4.69, 9.17) is 4.74 Å². The largest absolute Gasteiger partial charge is 0.482 e. The van der Waals surface area contributed by atoms with E-state index in [0.29, 0.717) is 30.1 Å². The summed E-state index contributed by atoms with van der Waals surface area (Å²) in [5.41, 5.74) is 1.02. The van der Waals surface area contributed by atoms with E-state index >= 15 is 0 Å². The fraction of sp³-hybridized carbons (Fsp3) is 0.550. The first-order valence-electron chi connectivity index (χ1n) is 9.69. The molecule has 0 saturated carbocycles. The summed E-state index contributed by atoms with van der Waals surface area (Å²) in [4.78, 5) is 42.7. The van der Waals surface area contributed by atoms with Crippen LogP contribution in [-0.2, 0) is 9.59 Å². The van der Waals surface area contributed by atoms with Crippen molar-refractivity contribution in [3.05, 3.63) is 23.8 Å². The topological polar surface area (TPSA) is 70.2 Å². The highest BCUT2D eigenvalue weighted by atomic mass is 16.5. The zero-order valence-corrected chi connectivity index (χ0v) is 16.1. The number of anilines is 1. The Morgan fingerprint density at radius 1 is 1.11 bits per heavy atom. The highest BCUT2D eigenvalue weighted by Gasteiger charge is 2.30. The van der Waals surface area contributed by atoms with Crippen LogP contribution in [0.4, 0.5) is 5.69 Å². The molecule has 0 atom stereocenters. The molecule has 0 N–H and O–H groups in total. The molecule has 2 aliphatic heterocycles. The summed E-state index contributed by atoms with van der Waals surface area (Å²) in [6.45, 7) is 6.38. The van der Waals surface area contributed by atoms with Gasteiger partial charge in [-0.1, -0.05) is 0 Å². The van der Waals surface area contributed by atoms with E-state index in [0.717, 1.165) is 32.4 Å². The zero-order chi connectivity index (χ0) is 19.4. The number of hydrogen-bond donors (Lipinski definition) is 0. The minimum atomic E-state index is -0.273. The number of likely N-dealkylation sites (tertiary alicyclic amines) is 1. The molecule has 0 bridgehead atoms. The van der Waals surface area contributed by atoms with Gasteiger partial charge in [-0.2, -0.15) is 0 Å². The number of carbonyl (C=O) groups excluding carboxylic acids is 3. The molecule has 7 nitrogen and oxygen atoms in total. The first kappa shape index (κ1) is 19.2. The number of hydrogen-bond acceptors (Lipinski definition) is 4. The second-order valence-electron chi connectivity index (χ2n) is 6.87. The minimum absolute atomic E-state index is 0.0365. The van der Waals surface area contributed by atoms with E-state index in [1.807, 2.05) is 18.7 Å². The van der Waals surface area contributed by atoms with Gasteiger partial charge in [-0.25, -0.2) is 0 Å². The number of rotatable bonds is 5. The van der Waals surface area contributed by atoms with Crippen LogP contribution in [0.2, 0.25) is 0 Å². The summed E-state index contributed by atoms with van der Waals surface area (Å²) < 4.78 is 5.50. The lowest BCUT2D eigenvalue weighted by atomic mass is 10.1. The van der Waals surface area contributed by atoms with Crippen molar-refractivity contribution in [3.8, 4) is 5.75 Å². The molecule has 0 spiro atoms. The number of amides is 3. The molecule has 0 radical (unpaired) electrons. The normalized spacial score (nSPS) is 16.6. The quantitative estimate of drug-likeness (QED) is 0.791. The Balaban J connectivity index is 1.85. The van der Waals surface area contributed by atoms with Gasteiger partial charge in [0.1, 0.15) is 12.3 Å². The molecule has 0 aromatic heterocycles. The molecule has 1 saturated heterocycles. The fourth-order valence-electron chi connectivity index (χ4n) is 3.60. The molecule has 146 valence electrons. The van der Waals surface area contributed by atoms with Crippen molar-refractivity contribution < 1.29 is 19.1 Å². The molecule has 7 heteroatoms. The molecule has 3 rings (SSSR count). The second-order valence-corrected chi connectivity index (χ2v) is 6.87. The number of piperidine rings is 1. The molecule has 1 aromatic rings. The van der Waals surface area contributed by atoms with Crippen LogP contribution in [-0.4, -0.2) is 66.9 Å². The monoisotopic (exact) mass is 373 g/mol. The van der Waals surface area contributed by atoms with Crippen molar-refractivity contribution in [2.24, 2.45) is 0 Å². The molecule has 2 heterocycles. The number of carbonyl (C=O) groups is 3. The fourth-order valence-corrected chi connectivity index (χ4v) is 3.60. The Morgan fingerprint density at radius 3 is 2.48 bits per heavy atom. The lowest BCUT2D eigenvalue weighted by molar-refractivity contribution is -0.131. The number of nitrogens with zero attached hydrogens (tertiary/aromatic N) is 3. The summed E-state index contributed by atoms with van der Waals surface area (Å²) in [6.07, 6.45) is 3.18. The third kappa shape index (κ3) is 4.07. The summed E-state index contributed by atoms with van der Waals surface area (Å²) in [7, 11) is 0. The Kier molecular flexibility index (Phi) is 5.98. The smallest absolute Gasteiger partial charge is 0.265 e. The minimum Gasteiger partial charge on any atom is -0.482 e. The number of benzene rings is 1. The average Bonchev–Trinajstić information content (AvgIpc) is 2.71. The molecule has 0 unspecified atom stereocenters. The summed E-state index contributed by atoms with van der Waals surface area (Å²) in [5, 5.41) is 0. The van der Waals surface area contributed by atoms with Crippen LogP contribution >= 0.6 is 0 Å². The van der Waals surface area contributed by atoms with Crippen molar-refractivity contribution in [1.29, 1.82) is 0 Å². The van der Waals surface area contributed by atoms with Gasteiger partial charge >= 0.3 is 0 Å². The van der Waals surface area contributed by atoms with Crippen molar-refractivity contribution in [1.82, 2.24) is 9.80 Å². The molecule has 0 aliphatic carbocycles. The molecule has 1 aromatic carbocycles. The zero-order valence-electron chi connectivity index (χ0n) is 16.1. The van der Waals surface area contributed by atoms with Gasteiger partial charge in [-0.15, -0.1) is 0 Å². The van der Waals surface area contributed by atoms with Crippen LogP contribution in [0.15, 0.2) is 18.2 Å². The van der Waals surface area contributed by atoms with E-state index in [9.17, 15) is 14.4 Å². The van der Waals surface area contributed by atoms with E-state index < -0.39 is 0 Å². The predicted octanol–water partition coefficient (Wildman–Crippen LogP) is 1.91. The lowest BCUT2D eigenvalue weighted by Crippen LogP contribution is -2.46. The number of ether oxygens (including phenoxy) is 1. The number of likely N-dealkylation sites (N-methyl/N-ethyl adjacent to an activating group) is 1. The Morgan fingerprint density at radius 2 is 1.81 bits per heavy atom. The van der Waals surface area contributed by atoms with Crippen molar-refractivity contribution in [3.63, 3.8) is 0 Å². The van der Waals surface area contributed by atoms with E-state index in [-0.39, 0.29) is 30.9 Å². The summed E-state index contributed by atoms with van der Waals surface area (Å²) >= 11 is 0. The van der Waals surface area contributed by atoms with Crippen LogP contribution in [0.5, 0.6) is 5.75 Å². The van der Waals surface area contributed by atoms with Crippen LogP contribution in [0.3, 0.4) is 0 Å². The maximum atomic E-state index is 12.8. The molecule has 3 amide bonds. The Labute approximate surface area is 159 Å². The standard InChI is InChI=1S/C20H27N3O4/c1-3-21(4-2)18(24)13-23-16-12-15(8-9-17(16)27-14-19(23)25)20(26)22-10-6-5-7-11-22/h8-9,12H,3-7,10-11,13-14H2,1-2H3. The Bertz CT molecular complexity index is 724. The highest BCUT2D eigenvalue weighted by Crippen LogP contribution is 2.33. The van der Waals surface area contributed by atoms with Gasteiger partial charge < -0.3 is 14.5 Å². The van der Waals surface area contributed by atoms with Crippen molar-refractivity contribution in [2.45, 2.75) is 33.1 Å². The lowest BCUT2D eigenvalue weighted by Gasteiger charge is -2.32. The number of fused-ring (bicyclic) bond motifs is 1. The van der Waals surface area contributed by atoms with E-state index in [1.54, 1.807) is 23.1 Å². The van der Waals surface area contributed by atoms with Gasteiger partial charge in [-0.05, 0) is 51.3 Å². The van der Waals surface area contributed by atoms with Gasteiger partial charge in [0.05, 0.1) is 5.69 Å². The average molecular weight is 373 g/mol. The van der Waals surface area contributed by atoms with E-state index in [1.165, 1.54) is 4.90 Å². The maximum absolute atomic E-state index is 12.8. The van der Waals surface area contributed by atoms with Crippen molar-refractivity contribution >= 4 is 23.4 Å². The summed E-state index contributed by atoms with van der Waals surface area (Å²) in [5.74, 6) is 0.0993. The molecular formula is C20H27N3O4. The predicted molar refractivity (Wildman–Crippen MR) is 102 cm³/mol. The first-order valence-corrected chi connectivity index (χ1v) is 9.69. The van der Waals surface area contributed by atoms with Gasteiger partial charge in [0.25, 0.3) is 11.8 Å². The van der Waals surface area contributed by atoms with Crippen LogP contribution in [0, 0.1) is 0 Å². The third-order valence-corrected chi connectivity index (χ3v) is 5.20.